The van der Waals surface area contributed by atoms with Crippen molar-refractivity contribution in [3.8, 4) is 0 Å². The average Bonchev–Trinajstić information content (AvgIpc) is 3.07. The number of ether oxygens (including phenoxy) is 1. The van der Waals surface area contributed by atoms with Crippen LogP contribution in [0.4, 0.5) is 0 Å². The van der Waals surface area contributed by atoms with E-state index in [1.165, 1.54) is 0 Å². The Balaban J connectivity index is 1.38. The first-order valence-corrected chi connectivity index (χ1v) is 9.69. The van der Waals surface area contributed by atoms with Gasteiger partial charge in [-0.2, -0.15) is 0 Å². The van der Waals surface area contributed by atoms with Crippen LogP contribution in [0.3, 0.4) is 0 Å². The van der Waals surface area contributed by atoms with Gasteiger partial charge in [0.1, 0.15) is 0 Å². The Kier molecular flexibility index (Phi) is 5.56. The third-order valence-electron chi connectivity index (χ3n) is 4.92. The predicted octanol–water partition coefficient (Wildman–Crippen LogP) is 4.17. The molecule has 1 N–H and O–H groups in total. The molecule has 0 aliphatic rings. The van der Waals surface area contributed by atoms with Crippen LogP contribution in [0.1, 0.15) is 27.9 Å². The number of H-pyrrole nitrogens is 1. The lowest BCUT2D eigenvalue weighted by molar-refractivity contribution is 0.0495. The minimum atomic E-state index is -0.331. The number of hydrogen-bond donors (Lipinski definition) is 1. The molecule has 0 atom stereocenters. The molecule has 3 aromatic carbocycles. The van der Waals surface area contributed by atoms with E-state index in [2.05, 4.69) is 4.98 Å². The standard InChI is InChI=1S/C24H22N2O3/c27-23(20-12-5-4-11-19(20)17-18-9-2-1-3-10-18)29-16-8-15-26-22-14-7-6-13-21(22)25-24(26)28/h1-7,9-14H,8,15-17H2,(H,25,28). The van der Waals surface area contributed by atoms with Gasteiger partial charge in [-0.15, -0.1) is 0 Å². The van der Waals surface area contributed by atoms with Crippen molar-refractivity contribution >= 4 is 17.0 Å². The number of nitrogens with one attached hydrogen (secondary N) is 1. The molecule has 146 valence electrons. The van der Waals surface area contributed by atoms with Crippen LogP contribution in [0, 0.1) is 0 Å². The SMILES string of the molecule is O=C(OCCCn1c(=O)[nH]c2ccccc21)c1ccccc1Cc1ccccc1. The van der Waals surface area contributed by atoms with Crippen LogP contribution >= 0.6 is 0 Å². The summed E-state index contributed by atoms with van der Waals surface area (Å²) in [6, 6.07) is 25.1. The zero-order valence-corrected chi connectivity index (χ0v) is 16.0. The molecule has 0 aliphatic carbocycles. The van der Waals surface area contributed by atoms with Gasteiger partial charge < -0.3 is 9.72 Å². The summed E-state index contributed by atoms with van der Waals surface area (Å²) in [5.41, 5.74) is 4.19. The highest BCUT2D eigenvalue weighted by Gasteiger charge is 2.13. The Bertz CT molecular complexity index is 1180. The van der Waals surface area contributed by atoms with Crippen molar-refractivity contribution in [3.63, 3.8) is 0 Å². The van der Waals surface area contributed by atoms with Crippen LogP contribution in [-0.4, -0.2) is 22.1 Å². The van der Waals surface area contributed by atoms with E-state index in [4.69, 9.17) is 4.74 Å². The van der Waals surface area contributed by atoms with Gasteiger partial charge >= 0.3 is 11.7 Å². The molecule has 0 radical (unpaired) electrons. The zero-order valence-electron chi connectivity index (χ0n) is 16.0. The van der Waals surface area contributed by atoms with E-state index in [9.17, 15) is 9.59 Å². The first kappa shape index (κ1) is 18.7. The van der Waals surface area contributed by atoms with Crippen LogP contribution in [0.15, 0.2) is 83.7 Å². The molecule has 0 amide bonds. The van der Waals surface area contributed by atoms with Gasteiger partial charge in [-0.3, -0.25) is 4.57 Å². The lowest BCUT2D eigenvalue weighted by Gasteiger charge is -2.10. The third kappa shape index (κ3) is 4.29. The monoisotopic (exact) mass is 386 g/mol. The van der Waals surface area contributed by atoms with Gasteiger partial charge in [0.25, 0.3) is 0 Å². The van der Waals surface area contributed by atoms with Crippen LogP contribution in [0.2, 0.25) is 0 Å². The van der Waals surface area contributed by atoms with E-state index in [0.29, 0.717) is 24.9 Å². The first-order chi connectivity index (χ1) is 14.2. The number of carbonyl (C=O) groups is 1. The Hall–Kier alpha value is -3.60. The van der Waals surface area contributed by atoms with Gasteiger partial charge in [-0.25, -0.2) is 9.59 Å². The van der Waals surface area contributed by atoms with Gasteiger partial charge in [-0.05, 0) is 42.2 Å². The molecule has 0 spiro atoms. The number of benzene rings is 3. The summed E-state index contributed by atoms with van der Waals surface area (Å²) in [6.45, 7) is 0.742. The van der Waals surface area contributed by atoms with Crippen LogP contribution in [0.25, 0.3) is 11.0 Å². The average molecular weight is 386 g/mol. The molecule has 29 heavy (non-hydrogen) atoms. The second-order valence-corrected chi connectivity index (χ2v) is 6.91. The van der Waals surface area contributed by atoms with Crippen molar-refractivity contribution in [1.82, 2.24) is 9.55 Å². The summed E-state index contributed by atoms with van der Waals surface area (Å²) >= 11 is 0. The number of carbonyl (C=O) groups excluding carboxylic acids is 1. The highest BCUT2D eigenvalue weighted by atomic mass is 16.5. The number of aromatic nitrogens is 2. The molecule has 0 saturated heterocycles. The molecule has 1 heterocycles. The quantitative estimate of drug-likeness (QED) is 0.383. The molecule has 1 aromatic heterocycles. The van der Waals surface area contributed by atoms with E-state index >= 15 is 0 Å². The molecular formula is C24H22N2O3. The topological polar surface area (TPSA) is 64.1 Å². The minimum Gasteiger partial charge on any atom is -0.462 e. The summed E-state index contributed by atoms with van der Waals surface area (Å²) < 4.78 is 7.17. The number of hydrogen-bond acceptors (Lipinski definition) is 3. The molecule has 0 unspecified atom stereocenters. The Morgan fingerprint density at radius 1 is 0.897 bits per heavy atom. The van der Waals surface area contributed by atoms with Crippen molar-refractivity contribution in [2.24, 2.45) is 0 Å². The Labute approximate surface area is 168 Å². The van der Waals surface area contributed by atoms with Crippen molar-refractivity contribution in [2.45, 2.75) is 19.4 Å². The van der Waals surface area contributed by atoms with Gasteiger partial charge in [0.15, 0.2) is 0 Å². The van der Waals surface area contributed by atoms with Crippen molar-refractivity contribution < 1.29 is 9.53 Å². The van der Waals surface area contributed by atoms with Crippen LogP contribution < -0.4 is 5.69 Å². The normalized spacial score (nSPS) is 10.9. The second kappa shape index (κ2) is 8.61. The van der Waals surface area contributed by atoms with Gasteiger partial charge in [-0.1, -0.05) is 60.7 Å². The Morgan fingerprint density at radius 3 is 2.48 bits per heavy atom. The van der Waals surface area contributed by atoms with E-state index < -0.39 is 0 Å². The lowest BCUT2D eigenvalue weighted by atomic mass is 10.00. The highest BCUT2D eigenvalue weighted by Crippen LogP contribution is 2.16. The number of para-hydroxylation sites is 2. The minimum absolute atomic E-state index is 0.147. The number of aryl methyl sites for hydroxylation is 1. The van der Waals surface area contributed by atoms with E-state index in [0.717, 1.165) is 22.2 Å². The van der Waals surface area contributed by atoms with Crippen molar-refractivity contribution in [2.75, 3.05) is 6.61 Å². The third-order valence-corrected chi connectivity index (χ3v) is 4.92. The molecule has 0 aliphatic heterocycles. The van der Waals surface area contributed by atoms with Crippen LogP contribution in [0.5, 0.6) is 0 Å². The molecule has 4 aromatic rings. The van der Waals surface area contributed by atoms with E-state index in [1.54, 1.807) is 10.6 Å². The Morgan fingerprint density at radius 2 is 1.62 bits per heavy atom. The van der Waals surface area contributed by atoms with Gasteiger partial charge in [0.05, 0.1) is 23.2 Å². The van der Waals surface area contributed by atoms with Crippen molar-refractivity contribution in [1.29, 1.82) is 0 Å². The fourth-order valence-electron chi connectivity index (χ4n) is 3.48. The van der Waals surface area contributed by atoms with Crippen molar-refractivity contribution in [3.05, 3.63) is 106 Å². The summed E-state index contributed by atoms with van der Waals surface area (Å²) in [4.78, 5) is 27.5. The second-order valence-electron chi connectivity index (χ2n) is 6.91. The molecule has 0 bridgehead atoms. The molecule has 4 rings (SSSR count). The molecule has 5 nitrogen and oxygen atoms in total. The molecule has 5 heteroatoms. The maximum absolute atomic E-state index is 12.6. The smallest absolute Gasteiger partial charge is 0.338 e. The number of esters is 1. The van der Waals surface area contributed by atoms with E-state index in [-0.39, 0.29) is 18.3 Å². The number of aromatic amines is 1. The molecule has 0 fully saturated rings. The summed E-state index contributed by atoms with van der Waals surface area (Å²) in [5, 5.41) is 0. The van der Waals surface area contributed by atoms with Crippen LogP contribution in [-0.2, 0) is 17.7 Å². The number of nitrogens with zero attached hydrogens (tertiary/aromatic N) is 1. The largest absolute Gasteiger partial charge is 0.462 e. The molecular weight excluding hydrogens is 364 g/mol. The zero-order chi connectivity index (χ0) is 20.1. The summed E-state index contributed by atoms with van der Waals surface area (Å²) in [7, 11) is 0. The summed E-state index contributed by atoms with van der Waals surface area (Å²) in [5.74, 6) is -0.331. The van der Waals surface area contributed by atoms with Gasteiger partial charge in [0.2, 0.25) is 0 Å². The fraction of sp³-hybridized carbons (Fsp3) is 0.167. The van der Waals surface area contributed by atoms with Gasteiger partial charge in [0, 0.05) is 6.54 Å². The summed E-state index contributed by atoms with van der Waals surface area (Å²) in [6.07, 6.45) is 1.24. The fourth-order valence-corrected chi connectivity index (χ4v) is 3.48. The molecule has 0 saturated carbocycles. The first-order valence-electron chi connectivity index (χ1n) is 9.69. The highest BCUT2D eigenvalue weighted by molar-refractivity contribution is 5.91. The predicted molar refractivity (Wildman–Crippen MR) is 113 cm³/mol. The number of imidazole rings is 1. The number of fused-ring (bicyclic) bond motifs is 1. The van der Waals surface area contributed by atoms with E-state index in [1.807, 2.05) is 72.8 Å². The maximum atomic E-state index is 12.6. The maximum Gasteiger partial charge on any atom is 0.338 e. The lowest BCUT2D eigenvalue weighted by Crippen LogP contribution is -2.18. The number of rotatable bonds is 7.